The Morgan fingerprint density at radius 2 is 2.00 bits per heavy atom. The van der Waals surface area contributed by atoms with Crippen molar-refractivity contribution < 1.29 is 22.6 Å². The van der Waals surface area contributed by atoms with Crippen LogP contribution < -0.4 is 9.64 Å². The smallest absolute Gasteiger partial charge is 0.437 e. The van der Waals surface area contributed by atoms with E-state index in [9.17, 15) is 13.2 Å². The van der Waals surface area contributed by atoms with Crippen LogP contribution in [0.2, 0.25) is 0 Å². The zero-order valence-electron chi connectivity index (χ0n) is 18.2. The van der Waals surface area contributed by atoms with Crippen LogP contribution >= 0.6 is 0 Å². The number of piperidine rings is 1. The van der Waals surface area contributed by atoms with E-state index in [4.69, 9.17) is 14.5 Å². The van der Waals surface area contributed by atoms with E-state index < -0.39 is 11.9 Å². The van der Waals surface area contributed by atoms with Crippen molar-refractivity contribution in [2.24, 2.45) is 11.8 Å². The normalized spacial score (nSPS) is 21.9. The number of nitrogens with zero attached hydrogens (tertiary/aromatic N) is 6. The molecule has 11 heteroatoms. The molecule has 3 aromatic rings. The Hall–Kier alpha value is -2.95. The number of aromatic nitrogens is 5. The molecule has 2 aliphatic heterocycles. The Labute approximate surface area is 188 Å². The number of pyridine rings is 1. The lowest BCUT2D eigenvalue weighted by Gasteiger charge is -2.38. The van der Waals surface area contributed by atoms with Crippen molar-refractivity contribution in [2.75, 3.05) is 31.3 Å². The molecule has 2 atom stereocenters. The van der Waals surface area contributed by atoms with Gasteiger partial charge in [0.2, 0.25) is 0 Å². The van der Waals surface area contributed by atoms with Gasteiger partial charge in [0.05, 0.1) is 38.8 Å². The number of hydrogen-bond acceptors (Lipinski definition) is 7. The minimum atomic E-state index is -4.55. The van der Waals surface area contributed by atoms with Gasteiger partial charge in [-0.1, -0.05) is 0 Å². The topological polar surface area (TPSA) is 78.2 Å². The first-order chi connectivity index (χ1) is 15.9. The molecule has 2 saturated heterocycles. The molecular formula is C22H25F3N6O2. The van der Waals surface area contributed by atoms with Crippen LogP contribution in [0, 0.1) is 11.8 Å². The summed E-state index contributed by atoms with van der Waals surface area (Å²) < 4.78 is 52.3. The summed E-state index contributed by atoms with van der Waals surface area (Å²) in [5, 5.41) is 4.43. The molecular weight excluding hydrogens is 437 g/mol. The first-order valence-electron chi connectivity index (χ1n) is 11.1. The molecule has 0 radical (unpaired) electrons. The molecule has 33 heavy (non-hydrogen) atoms. The number of anilines is 1. The lowest BCUT2D eigenvalue weighted by molar-refractivity contribution is -0.142. The molecule has 2 fully saturated rings. The van der Waals surface area contributed by atoms with Crippen molar-refractivity contribution >= 4 is 17.0 Å². The van der Waals surface area contributed by atoms with Gasteiger partial charge in [-0.05, 0) is 31.9 Å². The molecule has 0 N–H and O–H groups in total. The van der Waals surface area contributed by atoms with E-state index in [0.717, 1.165) is 55.8 Å². The summed E-state index contributed by atoms with van der Waals surface area (Å²) in [6.07, 6.45) is 1.76. The van der Waals surface area contributed by atoms with Gasteiger partial charge in [-0.25, -0.2) is 19.6 Å². The van der Waals surface area contributed by atoms with E-state index in [1.807, 2.05) is 4.68 Å². The first kappa shape index (κ1) is 21.9. The quantitative estimate of drug-likeness (QED) is 0.554. The fraction of sp³-hybridized carbons (Fsp3) is 0.545. The predicted octanol–water partition coefficient (Wildman–Crippen LogP) is 3.57. The first-order valence-corrected chi connectivity index (χ1v) is 11.1. The summed E-state index contributed by atoms with van der Waals surface area (Å²) >= 11 is 0. The molecule has 3 aromatic heterocycles. The van der Waals surface area contributed by atoms with E-state index in [2.05, 4.69) is 26.9 Å². The largest absolute Gasteiger partial charge is 0.491 e. The van der Waals surface area contributed by atoms with Crippen LogP contribution in [-0.2, 0) is 17.5 Å². The third-order valence-corrected chi connectivity index (χ3v) is 6.26. The molecule has 0 amide bonds. The van der Waals surface area contributed by atoms with Crippen molar-refractivity contribution in [2.45, 2.75) is 38.5 Å². The lowest BCUT2D eigenvalue weighted by atomic mass is 9.94. The van der Waals surface area contributed by atoms with E-state index in [1.165, 1.54) is 12.1 Å². The summed E-state index contributed by atoms with van der Waals surface area (Å²) in [5.74, 6) is 0.990. The molecule has 0 saturated carbocycles. The van der Waals surface area contributed by atoms with Gasteiger partial charge in [0.15, 0.2) is 11.3 Å². The van der Waals surface area contributed by atoms with Gasteiger partial charge < -0.3 is 14.4 Å². The molecule has 2 unspecified atom stereocenters. The minimum Gasteiger partial charge on any atom is -0.491 e. The monoisotopic (exact) mass is 462 g/mol. The van der Waals surface area contributed by atoms with Crippen LogP contribution in [0.1, 0.15) is 25.5 Å². The van der Waals surface area contributed by atoms with Crippen LogP contribution in [0.4, 0.5) is 19.0 Å². The molecule has 0 aliphatic carbocycles. The predicted molar refractivity (Wildman–Crippen MR) is 114 cm³/mol. The Kier molecular flexibility index (Phi) is 5.81. The Morgan fingerprint density at radius 3 is 2.76 bits per heavy atom. The van der Waals surface area contributed by atoms with Crippen LogP contribution in [-0.4, -0.2) is 57.1 Å². The van der Waals surface area contributed by atoms with Crippen molar-refractivity contribution in [1.82, 2.24) is 24.7 Å². The van der Waals surface area contributed by atoms with E-state index in [1.54, 1.807) is 12.4 Å². The van der Waals surface area contributed by atoms with Crippen LogP contribution in [0.3, 0.4) is 0 Å². The van der Waals surface area contributed by atoms with Gasteiger partial charge in [-0.2, -0.15) is 18.3 Å². The van der Waals surface area contributed by atoms with Gasteiger partial charge in [-0.3, -0.25) is 0 Å². The number of rotatable bonds is 6. The van der Waals surface area contributed by atoms with Crippen LogP contribution in [0.15, 0.2) is 30.7 Å². The van der Waals surface area contributed by atoms with Crippen molar-refractivity contribution in [1.29, 1.82) is 0 Å². The average Bonchev–Trinajstić information content (AvgIpc) is 3.17. The van der Waals surface area contributed by atoms with Gasteiger partial charge in [0.1, 0.15) is 17.1 Å². The Bertz CT molecular complexity index is 1120. The molecule has 0 bridgehead atoms. The Morgan fingerprint density at radius 1 is 1.15 bits per heavy atom. The second kappa shape index (κ2) is 8.77. The highest BCUT2D eigenvalue weighted by Gasteiger charge is 2.36. The van der Waals surface area contributed by atoms with Crippen LogP contribution in [0.25, 0.3) is 11.2 Å². The number of hydrogen-bond donors (Lipinski definition) is 0. The van der Waals surface area contributed by atoms with Gasteiger partial charge in [0.25, 0.3) is 0 Å². The van der Waals surface area contributed by atoms with E-state index in [-0.39, 0.29) is 24.3 Å². The zero-order chi connectivity index (χ0) is 23.0. The number of fused-ring (bicyclic) bond motifs is 1. The van der Waals surface area contributed by atoms with Crippen molar-refractivity contribution in [3.05, 3.63) is 36.4 Å². The highest BCUT2D eigenvalue weighted by atomic mass is 19.4. The second-order valence-electron chi connectivity index (χ2n) is 8.77. The molecule has 8 nitrogen and oxygen atoms in total. The average molecular weight is 462 g/mol. The summed E-state index contributed by atoms with van der Waals surface area (Å²) in [6.45, 7) is 5.11. The fourth-order valence-corrected chi connectivity index (χ4v) is 4.31. The molecule has 2 aliphatic rings. The van der Waals surface area contributed by atoms with Gasteiger partial charge in [0, 0.05) is 30.6 Å². The number of alkyl halides is 3. The molecule has 5 heterocycles. The molecule has 5 rings (SSSR count). The lowest BCUT2D eigenvalue weighted by Crippen LogP contribution is -2.44. The maximum atomic E-state index is 13.2. The maximum absolute atomic E-state index is 13.2. The third-order valence-electron chi connectivity index (χ3n) is 6.26. The second-order valence-corrected chi connectivity index (χ2v) is 8.77. The van der Waals surface area contributed by atoms with E-state index >= 15 is 0 Å². The molecule has 0 spiro atoms. The molecule has 0 aromatic carbocycles. The van der Waals surface area contributed by atoms with Crippen LogP contribution in [0.5, 0.6) is 5.75 Å². The SMILES string of the molecule is CC1CCC(COc2cccnc2C(F)(F)F)CN1c1cnc2cnn(CC3COC3)c2n1. The summed E-state index contributed by atoms with van der Waals surface area (Å²) in [4.78, 5) is 15.0. The summed E-state index contributed by atoms with van der Waals surface area (Å²) in [6, 6.07) is 2.99. The highest BCUT2D eigenvalue weighted by Crippen LogP contribution is 2.35. The van der Waals surface area contributed by atoms with Crippen molar-refractivity contribution in [3.63, 3.8) is 0 Å². The summed E-state index contributed by atoms with van der Waals surface area (Å²) in [5.41, 5.74) is 0.474. The Balaban J connectivity index is 1.30. The number of halogens is 3. The van der Waals surface area contributed by atoms with Crippen molar-refractivity contribution in [3.8, 4) is 5.75 Å². The minimum absolute atomic E-state index is 0.0528. The third kappa shape index (κ3) is 4.59. The standard InChI is InChI=1S/C22H25F3N6O2/c1-14-4-5-15(13-33-18-3-2-6-26-20(18)22(23,24)25)9-30(14)19-8-27-17-7-28-31(21(17)29-19)10-16-11-32-12-16/h2-3,6-8,14-16H,4-5,9-13H2,1H3. The zero-order valence-corrected chi connectivity index (χ0v) is 18.2. The highest BCUT2D eigenvalue weighted by molar-refractivity contribution is 5.71. The van der Waals surface area contributed by atoms with Gasteiger partial charge >= 0.3 is 6.18 Å². The summed E-state index contributed by atoms with van der Waals surface area (Å²) in [7, 11) is 0. The van der Waals surface area contributed by atoms with E-state index in [0.29, 0.717) is 12.5 Å². The fourth-order valence-electron chi connectivity index (χ4n) is 4.31. The number of ether oxygens (including phenoxy) is 2. The molecule has 176 valence electrons. The maximum Gasteiger partial charge on any atom is 0.437 e. The van der Waals surface area contributed by atoms with Gasteiger partial charge in [-0.15, -0.1) is 0 Å².